The molecule has 0 saturated carbocycles. The Labute approximate surface area is 124 Å². The van der Waals surface area contributed by atoms with Gasteiger partial charge >= 0.3 is 5.97 Å². The van der Waals surface area contributed by atoms with Crippen LogP contribution in [0.15, 0.2) is 28.7 Å². The maximum absolute atomic E-state index is 11.2. The van der Waals surface area contributed by atoms with Gasteiger partial charge in [-0.1, -0.05) is 46.6 Å². The molecule has 0 spiro atoms. The molecule has 4 nitrogen and oxygen atoms in total. The lowest BCUT2D eigenvalue weighted by Gasteiger charge is -2.04. The Hall–Kier alpha value is -1.33. The number of aromatic nitrogens is 2. The Kier molecular flexibility index (Phi) is 4.27. The van der Waals surface area contributed by atoms with Gasteiger partial charge in [-0.3, -0.25) is 0 Å². The number of aryl methyl sites for hydroxylation is 1. The van der Waals surface area contributed by atoms with Gasteiger partial charge in [-0.25, -0.2) is 9.48 Å². The first kappa shape index (κ1) is 14.1. The van der Waals surface area contributed by atoms with Crippen LogP contribution in [0.2, 0.25) is 5.15 Å². The van der Waals surface area contributed by atoms with E-state index in [0.29, 0.717) is 18.7 Å². The van der Waals surface area contributed by atoms with E-state index >= 15 is 0 Å². The van der Waals surface area contributed by atoms with Crippen LogP contribution in [-0.2, 0) is 13.0 Å². The minimum absolute atomic E-state index is 0.0964. The van der Waals surface area contributed by atoms with E-state index < -0.39 is 5.97 Å². The molecule has 100 valence electrons. The van der Waals surface area contributed by atoms with Crippen LogP contribution in [0.25, 0.3) is 0 Å². The molecule has 1 aromatic carbocycles. The van der Waals surface area contributed by atoms with Gasteiger partial charge < -0.3 is 5.11 Å². The zero-order valence-electron chi connectivity index (χ0n) is 10.2. The molecule has 0 saturated heterocycles. The van der Waals surface area contributed by atoms with E-state index in [9.17, 15) is 4.79 Å². The van der Waals surface area contributed by atoms with Crippen LogP contribution in [0, 0.1) is 0 Å². The van der Waals surface area contributed by atoms with Gasteiger partial charge in [0, 0.05) is 4.47 Å². The SMILES string of the molecule is CCc1nn(Cc2cccc(Br)c2)c(Cl)c1C(=O)O. The summed E-state index contributed by atoms with van der Waals surface area (Å²) in [7, 11) is 0. The average molecular weight is 344 g/mol. The van der Waals surface area contributed by atoms with Crippen LogP contribution < -0.4 is 0 Å². The van der Waals surface area contributed by atoms with E-state index in [-0.39, 0.29) is 10.7 Å². The minimum Gasteiger partial charge on any atom is -0.478 e. The molecule has 0 fully saturated rings. The molecule has 0 aliphatic heterocycles. The predicted octanol–water partition coefficient (Wildman–Crippen LogP) is 3.61. The molecule has 0 radical (unpaired) electrons. The molecule has 1 heterocycles. The number of hydrogen-bond donors (Lipinski definition) is 1. The fraction of sp³-hybridized carbons (Fsp3) is 0.231. The number of nitrogens with zero attached hydrogens (tertiary/aromatic N) is 2. The fourth-order valence-corrected chi connectivity index (χ4v) is 2.59. The third-order valence-corrected chi connectivity index (χ3v) is 3.61. The summed E-state index contributed by atoms with van der Waals surface area (Å²) < 4.78 is 2.48. The third kappa shape index (κ3) is 2.98. The van der Waals surface area contributed by atoms with E-state index in [1.807, 2.05) is 31.2 Å². The zero-order valence-corrected chi connectivity index (χ0v) is 12.6. The normalized spacial score (nSPS) is 10.7. The molecule has 0 unspecified atom stereocenters. The van der Waals surface area contributed by atoms with E-state index in [1.54, 1.807) is 0 Å². The first-order valence-corrected chi connectivity index (χ1v) is 6.93. The van der Waals surface area contributed by atoms with Crippen LogP contribution in [0.5, 0.6) is 0 Å². The van der Waals surface area contributed by atoms with Crippen molar-refractivity contribution >= 4 is 33.5 Å². The highest BCUT2D eigenvalue weighted by Gasteiger charge is 2.21. The predicted molar refractivity (Wildman–Crippen MR) is 76.8 cm³/mol. The number of hydrogen-bond acceptors (Lipinski definition) is 2. The minimum atomic E-state index is -1.04. The molecule has 0 aliphatic rings. The molecular weight excluding hydrogens is 332 g/mol. The lowest BCUT2D eigenvalue weighted by Crippen LogP contribution is -2.03. The van der Waals surface area contributed by atoms with Gasteiger partial charge in [-0.2, -0.15) is 5.10 Å². The van der Waals surface area contributed by atoms with Crippen molar-refractivity contribution in [1.29, 1.82) is 0 Å². The maximum atomic E-state index is 11.2. The average Bonchev–Trinajstić information content (AvgIpc) is 2.66. The van der Waals surface area contributed by atoms with Crippen molar-refractivity contribution in [3.63, 3.8) is 0 Å². The molecule has 0 aliphatic carbocycles. The van der Waals surface area contributed by atoms with Crippen molar-refractivity contribution < 1.29 is 9.90 Å². The van der Waals surface area contributed by atoms with Crippen LogP contribution >= 0.6 is 27.5 Å². The van der Waals surface area contributed by atoms with E-state index in [4.69, 9.17) is 16.7 Å². The van der Waals surface area contributed by atoms with Crippen LogP contribution in [-0.4, -0.2) is 20.9 Å². The fourth-order valence-electron chi connectivity index (χ4n) is 1.86. The number of carboxylic acid groups (broad SMARTS) is 1. The lowest BCUT2D eigenvalue weighted by molar-refractivity contribution is 0.0696. The summed E-state index contributed by atoms with van der Waals surface area (Å²) >= 11 is 9.49. The molecule has 2 aromatic rings. The van der Waals surface area contributed by atoms with Gasteiger partial charge in [-0.15, -0.1) is 0 Å². The summed E-state index contributed by atoms with van der Waals surface area (Å²) in [5.41, 5.74) is 1.60. The number of halogens is 2. The Morgan fingerprint density at radius 2 is 2.26 bits per heavy atom. The highest BCUT2D eigenvalue weighted by Crippen LogP contribution is 2.22. The number of carboxylic acids is 1. The first-order chi connectivity index (χ1) is 9.02. The summed E-state index contributed by atoms with van der Waals surface area (Å²) in [6.07, 6.45) is 0.535. The zero-order chi connectivity index (χ0) is 14.0. The quantitative estimate of drug-likeness (QED) is 0.922. The second kappa shape index (κ2) is 5.75. The second-order valence-corrected chi connectivity index (χ2v) is 5.33. The van der Waals surface area contributed by atoms with Gasteiger partial charge in [0.2, 0.25) is 0 Å². The van der Waals surface area contributed by atoms with Gasteiger partial charge in [0.05, 0.1) is 12.2 Å². The number of benzene rings is 1. The smallest absolute Gasteiger partial charge is 0.340 e. The van der Waals surface area contributed by atoms with Gasteiger partial charge in [-0.05, 0) is 24.1 Å². The Morgan fingerprint density at radius 3 is 2.79 bits per heavy atom. The molecule has 6 heteroatoms. The summed E-state index contributed by atoms with van der Waals surface area (Å²) in [5, 5.41) is 13.6. The van der Waals surface area contributed by atoms with Crippen molar-refractivity contribution in [2.24, 2.45) is 0 Å². The van der Waals surface area contributed by atoms with Crippen molar-refractivity contribution in [2.45, 2.75) is 19.9 Å². The van der Waals surface area contributed by atoms with Gasteiger partial charge in [0.1, 0.15) is 10.7 Å². The van der Waals surface area contributed by atoms with Crippen molar-refractivity contribution in [1.82, 2.24) is 9.78 Å². The Bertz CT molecular complexity index is 625. The van der Waals surface area contributed by atoms with Crippen molar-refractivity contribution in [3.05, 3.63) is 50.7 Å². The molecule has 19 heavy (non-hydrogen) atoms. The first-order valence-electron chi connectivity index (χ1n) is 5.75. The summed E-state index contributed by atoms with van der Waals surface area (Å²) in [6.45, 7) is 2.30. The van der Waals surface area contributed by atoms with E-state index in [2.05, 4.69) is 21.0 Å². The molecule has 0 amide bonds. The molecule has 2 rings (SSSR count). The lowest BCUT2D eigenvalue weighted by atomic mass is 10.2. The standard InChI is InChI=1S/C13H12BrClN2O2/c1-2-10-11(13(18)19)12(15)17(16-10)7-8-4-3-5-9(14)6-8/h3-6H,2,7H2,1H3,(H,18,19). The van der Waals surface area contributed by atoms with Crippen LogP contribution in [0.1, 0.15) is 28.5 Å². The van der Waals surface area contributed by atoms with E-state index in [0.717, 1.165) is 10.0 Å². The monoisotopic (exact) mass is 342 g/mol. The summed E-state index contributed by atoms with van der Waals surface area (Å²) in [4.78, 5) is 11.2. The third-order valence-electron chi connectivity index (χ3n) is 2.73. The largest absolute Gasteiger partial charge is 0.478 e. The van der Waals surface area contributed by atoms with E-state index in [1.165, 1.54) is 4.68 Å². The highest BCUT2D eigenvalue weighted by atomic mass is 79.9. The molecule has 0 atom stereocenters. The molecule has 0 bridgehead atoms. The number of aromatic carboxylic acids is 1. The van der Waals surface area contributed by atoms with Gasteiger partial charge in [0.25, 0.3) is 0 Å². The van der Waals surface area contributed by atoms with Crippen molar-refractivity contribution in [2.75, 3.05) is 0 Å². The topological polar surface area (TPSA) is 55.1 Å². The second-order valence-electron chi connectivity index (χ2n) is 4.06. The summed E-state index contributed by atoms with van der Waals surface area (Å²) in [6, 6.07) is 7.73. The van der Waals surface area contributed by atoms with Crippen LogP contribution in [0.4, 0.5) is 0 Å². The Morgan fingerprint density at radius 1 is 1.53 bits per heavy atom. The molecule has 1 N–H and O–H groups in total. The van der Waals surface area contributed by atoms with Crippen LogP contribution in [0.3, 0.4) is 0 Å². The summed E-state index contributed by atoms with van der Waals surface area (Å²) in [5.74, 6) is -1.04. The number of carbonyl (C=O) groups is 1. The Balaban J connectivity index is 2.38. The number of rotatable bonds is 4. The van der Waals surface area contributed by atoms with Gasteiger partial charge in [0.15, 0.2) is 0 Å². The molecule has 1 aromatic heterocycles. The van der Waals surface area contributed by atoms with Crippen molar-refractivity contribution in [3.8, 4) is 0 Å². The highest BCUT2D eigenvalue weighted by molar-refractivity contribution is 9.10. The maximum Gasteiger partial charge on any atom is 0.340 e. The molecular formula is C13H12BrClN2O2.